The number of ether oxygens (including phenoxy) is 14. The van der Waals surface area contributed by atoms with Crippen molar-refractivity contribution < 1.29 is 75.9 Å². The summed E-state index contributed by atoms with van der Waals surface area (Å²) >= 11 is 9.84. The number of nitrogens with zero attached hydrogens (tertiary/aromatic N) is 8. The Kier molecular flexibility index (Phi) is 36.3. The summed E-state index contributed by atoms with van der Waals surface area (Å²) < 4.78 is 88.6. The van der Waals surface area contributed by atoms with Crippen LogP contribution in [0.3, 0.4) is 0 Å². The average molecular weight is 1840 g/mol. The van der Waals surface area contributed by atoms with Gasteiger partial charge in [-0.15, -0.1) is 68.0 Å². The van der Waals surface area contributed by atoms with Crippen molar-refractivity contribution in [3.05, 3.63) is 182 Å². The molecule has 0 radical (unpaired) electrons. The number of nitriles is 4. The summed E-state index contributed by atoms with van der Waals surface area (Å²) in [4.78, 5) is 53.3. The molecule has 128 heavy (non-hydrogen) atoms. The van der Waals surface area contributed by atoms with Crippen molar-refractivity contribution in [1.29, 1.82) is 21.0 Å². The second-order valence-electron chi connectivity index (χ2n) is 31.1. The summed E-state index contributed by atoms with van der Waals surface area (Å²) in [6.45, 7) is 49.2. The Morgan fingerprint density at radius 2 is 0.773 bits per heavy atom. The van der Waals surface area contributed by atoms with Crippen LogP contribution >= 0.6 is 68.0 Å². The van der Waals surface area contributed by atoms with Gasteiger partial charge in [0.05, 0.1) is 190 Å². The van der Waals surface area contributed by atoms with Gasteiger partial charge in [0, 0.05) is 134 Å². The smallest absolute Gasteiger partial charge is 0.492 e. The second-order valence-corrected chi connectivity index (χ2v) is 37.4. The van der Waals surface area contributed by atoms with E-state index in [-0.39, 0.29) is 90.3 Å². The van der Waals surface area contributed by atoms with E-state index in [0.29, 0.717) is 192 Å². The van der Waals surface area contributed by atoms with E-state index < -0.39 is 22.4 Å². The molecule has 4 aliphatic carbocycles. The van der Waals surface area contributed by atoms with Gasteiger partial charge in [-0.3, -0.25) is 9.59 Å². The number of thiophene rings is 6. The Morgan fingerprint density at radius 3 is 1.12 bits per heavy atom. The fourth-order valence-electron chi connectivity index (χ4n) is 16.8. The SMILES string of the molecule is [C-]#[N+]C([N+]#[C-])=C1/C(=C/c2cc(OCC(CC)CCCC)c(-c3cc4c(s3)-c3sc5c6c(sc5c3C4(CCOCCOCCOC)CCOCCOCCOC)-c3sc(-c4sc(/C=C5\C(=O)c7cc([N+]#[C-])c(C#N)cc7C5=C(C#N)C#N)cc4OCC(CC)CCCC)cc3C6(CCOCCOCCOC)CCOCCOCCOC)s2)C(=O)c2cc(C#N)c([N+]#[C-])cc21. The average Bonchev–Trinajstić information content (AvgIpc) is 1.50. The van der Waals surface area contributed by atoms with Crippen molar-refractivity contribution in [3.63, 3.8) is 0 Å². The molecule has 2 aromatic carbocycles. The molecule has 2 atom stereocenters. The summed E-state index contributed by atoms with van der Waals surface area (Å²) in [6, 6.07) is 22.3. The number of rotatable bonds is 54. The van der Waals surface area contributed by atoms with Crippen LogP contribution in [0.1, 0.15) is 180 Å². The van der Waals surface area contributed by atoms with Crippen molar-refractivity contribution in [1.82, 2.24) is 0 Å². The predicted octanol–water partition coefficient (Wildman–Crippen LogP) is 22.3. The van der Waals surface area contributed by atoms with Crippen molar-refractivity contribution in [2.45, 2.75) is 116 Å². The van der Waals surface area contributed by atoms with Gasteiger partial charge in [0.25, 0.3) is 0 Å². The topological polar surface area (TPSA) is 276 Å². The van der Waals surface area contributed by atoms with E-state index in [1.54, 1.807) is 85.9 Å². The Morgan fingerprint density at radius 1 is 0.422 bits per heavy atom. The van der Waals surface area contributed by atoms with Crippen LogP contribution in [-0.2, 0) is 67.7 Å². The molecule has 2 unspecified atom stereocenters. The highest BCUT2D eigenvalue weighted by Gasteiger charge is 2.53. The first-order valence-corrected chi connectivity index (χ1v) is 48.0. The van der Waals surface area contributed by atoms with Crippen molar-refractivity contribution in [3.8, 4) is 74.8 Å². The van der Waals surface area contributed by atoms with Gasteiger partial charge in [-0.25, -0.2) is 9.69 Å². The first kappa shape index (κ1) is 97.3. The number of Topliss-reactive ketones (excluding diaryl/α,β-unsaturated/α-hetero) is 2. The minimum atomic E-state index is -0.774. The Bertz CT molecular complexity index is 5390. The molecule has 668 valence electrons. The summed E-state index contributed by atoms with van der Waals surface area (Å²) in [7, 11) is 6.56. The molecule has 4 aliphatic rings. The van der Waals surface area contributed by atoms with Crippen LogP contribution in [-0.4, -0.2) is 185 Å². The molecule has 0 saturated heterocycles. The Hall–Kier alpha value is -9.76. The first-order valence-electron chi connectivity index (χ1n) is 43.1. The zero-order valence-electron chi connectivity index (χ0n) is 73.5. The highest BCUT2D eigenvalue weighted by Crippen LogP contribution is 2.70. The van der Waals surface area contributed by atoms with Crippen molar-refractivity contribution in [2.24, 2.45) is 11.8 Å². The second kappa shape index (κ2) is 47.7. The molecule has 0 spiro atoms. The lowest BCUT2D eigenvalue weighted by Crippen LogP contribution is -2.30. The number of methoxy groups -OCH3 is 4. The molecule has 0 N–H and O–H groups in total. The fraction of sp³-hybridized carbons (Fsp3) is 0.469. The Labute approximate surface area is 773 Å². The number of allylic oxidation sites excluding steroid dienone is 5. The largest absolute Gasteiger partial charge is 0.527 e. The van der Waals surface area contributed by atoms with Gasteiger partial charge in [-0.2, -0.15) is 30.7 Å². The maximum atomic E-state index is 14.9. The van der Waals surface area contributed by atoms with Gasteiger partial charge in [-0.1, -0.05) is 66.2 Å². The molecular weight excluding hydrogens is 1740 g/mol. The molecule has 6 aromatic heterocycles. The van der Waals surface area contributed by atoms with Gasteiger partial charge in [0.1, 0.15) is 42.4 Å². The molecule has 6 heterocycles. The summed E-state index contributed by atoms with van der Waals surface area (Å²) in [5.74, 6) is 0.383. The van der Waals surface area contributed by atoms with E-state index in [2.05, 4.69) is 71.3 Å². The normalized spacial score (nSPS) is 14.6. The fourth-order valence-corrected chi connectivity index (χ4v) is 25.1. The van der Waals surface area contributed by atoms with Gasteiger partial charge in [0.2, 0.25) is 11.4 Å². The molecule has 0 fully saturated rings. The molecule has 8 aromatic rings. The number of benzene rings is 2. The Balaban J connectivity index is 1.08. The molecule has 30 heteroatoms. The van der Waals surface area contributed by atoms with Gasteiger partial charge < -0.3 is 66.3 Å². The molecular formula is C98H104N8O16S6. The van der Waals surface area contributed by atoms with Crippen LogP contribution in [0.5, 0.6) is 11.5 Å². The van der Waals surface area contributed by atoms with E-state index in [1.807, 2.05) is 24.3 Å². The zero-order valence-corrected chi connectivity index (χ0v) is 78.4. The third-order valence-electron chi connectivity index (χ3n) is 23.5. The van der Waals surface area contributed by atoms with Crippen LogP contribution in [0.4, 0.5) is 11.4 Å². The number of unbranched alkanes of at least 4 members (excludes halogenated alkanes) is 2. The third kappa shape index (κ3) is 21.5. The minimum absolute atomic E-state index is 0.00724. The number of hydrogen-bond acceptors (Lipinski definition) is 26. The highest BCUT2D eigenvalue weighted by molar-refractivity contribution is 7.35. The maximum absolute atomic E-state index is 14.9. The third-order valence-corrected chi connectivity index (χ3v) is 31.1. The summed E-state index contributed by atoms with van der Waals surface area (Å²) in [5, 5.41) is 41.5. The van der Waals surface area contributed by atoms with Crippen LogP contribution in [0.25, 0.3) is 91.1 Å². The predicted molar refractivity (Wildman–Crippen MR) is 502 cm³/mol. The highest BCUT2D eigenvalue weighted by atomic mass is 32.1. The summed E-state index contributed by atoms with van der Waals surface area (Å²) in [5.41, 5.74) is 3.85. The molecule has 24 nitrogen and oxygen atoms in total. The van der Waals surface area contributed by atoms with Crippen molar-refractivity contribution in [2.75, 3.05) is 174 Å². The van der Waals surface area contributed by atoms with Crippen LogP contribution in [0, 0.1) is 83.4 Å². The van der Waals surface area contributed by atoms with Crippen LogP contribution < -0.4 is 9.47 Å². The zero-order chi connectivity index (χ0) is 90.7. The summed E-state index contributed by atoms with van der Waals surface area (Å²) in [6.07, 6.45) is 13.3. The molecule has 0 saturated carbocycles. The molecule has 0 amide bonds. The van der Waals surface area contributed by atoms with E-state index in [1.165, 1.54) is 58.1 Å². The standard InChI is InChI=1S/C98H104N8O16S6/c1-13-17-19-61(15-3)59-121-78-49-66(47-72-82(65(57-101)58-102)68-45-63(55-99)77(104-6)52-71(68)87(72)108)123-90(78)80-53-74-88(125-80)92-84(97(74,21-25-113-37-41-117-33-29-109-9)22-26-114-38-42-118-34-30-110-10)94-95(127-92)85-93(128-94)89-75(98(85,23-27-115-39-43-119-35-31-111-11)24-28-116-40-44-120-36-32-112-12)54-81(126-89)91-79(122-60-62(16-4)20-18-14-2)50-67(124-91)48-73-83(96(105-7)106-8)69-51-76(103-5)64(56-100)46-70(69)86(73)107/h45-54,61-62H,13-44,59-60H2,1-4,9-12H3/b72-47-,73-48-. The van der Waals surface area contributed by atoms with E-state index in [4.69, 9.17) is 92.6 Å². The lowest BCUT2D eigenvalue weighted by Gasteiger charge is -2.32. The number of carbonyl (C=O) groups is 2. The van der Waals surface area contributed by atoms with E-state index >= 15 is 0 Å². The number of ketones is 2. The number of carbonyl (C=O) groups excluding carboxylic acids is 2. The van der Waals surface area contributed by atoms with Crippen LogP contribution in [0.15, 0.2) is 71.1 Å². The van der Waals surface area contributed by atoms with Gasteiger partial charge in [-0.05, 0) is 133 Å². The lowest BCUT2D eigenvalue weighted by atomic mass is 9.72. The number of fused-ring (bicyclic) bond motifs is 11. The maximum Gasteiger partial charge on any atom is 0.527 e. The first-order chi connectivity index (χ1) is 62.6. The van der Waals surface area contributed by atoms with E-state index in [9.17, 15) is 30.6 Å². The number of hydrogen-bond donors (Lipinski definition) is 0. The van der Waals surface area contributed by atoms with Crippen molar-refractivity contribution >= 4 is 124 Å². The van der Waals surface area contributed by atoms with E-state index in [0.717, 1.165) is 111 Å². The van der Waals surface area contributed by atoms with Crippen LogP contribution in [0.2, 0.25) is 0 Å². The molecule has 0 bridgehead atoms. The molecule has 12 rings (SSSR count). The minimum Gasteiger partial charge on any atom is -0.492 e. The lowest BCUT2D eigenvalue weighted by molar-refractivity contribution is 0.0146. The molecule has 0 aliphatic heterocycles. The monoisotopic (exact) mass is 1840 g/mol. The van der Waals surface area contributed by atoms with Gasteiger partial charge in [0.15, 0.2) is 11.6 Å². The quantitative estimate of drug-likeness (QED) is 0.0148. The van der Waals surface area contributed by atoms with Gasteiger partial charge >= 0.3 is 5.82 Å².